The molecule has 0 N–H and O–H groups in total. The van der Waals surface area contributed by atoms with E-state index in [9.17, 15) is 9.59 Å². The van der Waals surface area contributed by atoms with Gasteiger partial charge in [-0.25, -0.2) is 4.98 Å². The minimum Gasteiger partial charge on any atom is -0.341 e. The van der Waals surface area contributed by atoms with Crippen LogP contribution in [0.25, 0.3) is 11.0 Å². The molecule has 0 unspecified atom stereocenters. The van der Waals surface area contributed by atoms with Crippen molar-refractivity contribution in [1.29, 1.82) is 0 Å². The van der Waals surface area contributed by atoms with Crippen LogP contribution in [0.2, 0.25) is 0 Å². The average Bonchev–Trinajstić information content (AvgIpc) is 2.81. The van der Waals surface area contributed by atoms with Crippen molar-refractivity contribution < 1.29 is 9.59 Å². The lowest BCUT2D eigenvalue weighted by Gasteiger charge is -2.23. The highest BCUT2D eigenvalue weighted by atomic mass is 16.2. The smallest absolute Gasteiger partial charge is 0.227 e. The van der Waals surface area contributed by atoms with Crippen LogP contribution in [-0.4, -0.2) is 57.3 Å². The van der Waals surface area contributed by atoms with Crippen molar-refractivity contribution in [3.8, 4) is 0 Å². The highest BCUT2D eigenvalue weighted by Crippen LogP contribution is 2.16. The number of hydrogen-bond donors (Lipinski definition) is 0. The minimum atomic E-state index is 0.00681. The second-order valence-electron chi connectivity index (χ2n) is 7.07. The maximum Gasteiger partial charge on any atom is 0.227 e. The quantitative estimate of drug-likeness (QED) is 0.855. The number of aromatic nitrogens is 2. The van der Waals surface area contributed by atoms with Crippen molar-refractivity contribution in [3.05, 3.63) is 30.1 Å². The van der Waals surface area contributed by atoms with Crippen LogP contribution in [0.1, 0.15) is 25.8 Å². The van der Waals surface area contributed by atoms with E-state index >= 15 is 0 Å². The molecule has 0 atom stereocenters. The number of amides is 2. The second kappa shape index (κ2) is 7.25. The Balaban J connectivity index is 1.63. The van der Waals surface area contributed by atoms with E-state index in [4.69, 9.17) is 0 Å². The lowest BCUT2D eigenvalue weighted by molar-refractivity contribution is -0.135. The van der Waals surface area contributed by atoms with E-state index < -0.39 is 0 Å². The van der Waals surface area contributed by atoms with Gasteiger partial charge < -0.3 is 14.4 Å². The third kappa shape index (κ3) is 3.83. The Hall–Kier alpha value is -2.37. The number of carbonyl (C=O) groups is 2. The van der Waals surface area contributed by atoms with E-state index in [1.54, 1.807) is 6.33 Å². The van der Waals surface area contributed by atoms with E-state index in [1.165, 1.54) is 0 Å². The van der Waals surface area contributed by atoms with Crippen LogP contribution < -0.4 is 0 Å². The molecule has 6 nitrogen and oxygen atoms in total. The number of benzene rings is 1. The van der Waals surface area contributed by atoms with Crippen molar-refractivity contribution in [2.75, 3.05) is 26.2 Å². The molecule has 1 aromatic carbocycles. The Morgan fingerprint density at radius 2 is 1.84 bits per heavy atom. The topological polar surface area (TPSA) is 58.4 Å². The highest BCUT2D eigenvalue weighted by Gasteiger charge is 2.23. The maximum absolute atomic E-state index is 12.7. The summed E-state index contributed by atoms with van der Waals surface area (Å²) in [7, 11) is 1.96. The van der Waals surface area contributed by atoms with Crippen molar-refractivity contribution >= 4 is 22.8 Å². The second-order valence-corrected chi connectivity index (χ2v) is 7.07. The summed E-state index contributed by atoms with van der Waals surface area (Å²) in [6, 6.07) is 5.99. The molecule has 2 heterocycles. The van der Waals surface area contributed by atoms with Crippen LogP contribution in [-0.2, 0) is 23.1 Å². The summed E-state index contributed by atoms with van der Waals surface area (Å²) in [4.78, 5) is 33.0. The zero-order valence-electron chi connectivity index (χ0n) is 15.2. The zero-order chi connectivity index (χ0) is 18.0. The maximum atomic E-state index is 12.7. The van der Waals surface area contributed by atoms with Gasteiger partial charge in [0.05, 0.1) is 23.8 Å². The van der Waals surface area contributed by atoms with Gasteiger partial charge in [-0.15, -0.1) is 0 Å². The monoisotopic (exact) mass is 342 g/mol. The lowest BCUT2D eigenvalue weighted by atomic mass is 10.1. The van der Waals surface area contributed by atoms with Gasteiger partial charge in [0.1, 0.15) is 0 Å². The van der Waals surface area contributed by atoms with E-state index in [2.05, 4.69) is 4.98 Å². The molecular weight excluding hydrogens is 316 g/mol. The summed E-state index contributed by atoms with van der Waals surface area (Å²) in [5.74, 6) is 0.302. The van der Waals surface area contributed by atoms with Crippen molar-refractivity contribution in [1.82, 2.24) is 19.4 Å². The van der Waals surface area contributed by atoms with Crippen LogP contribution in [0.5, 0.6) is 0 Å². The predicted molar refractivity (Wildman–Crippen MR) is 97.0 cm³/mol. The molecule has 1 aromatic heterocycles. The van der Waals surface area contributed by atoms with Gasteiger partial charge >= 0.3 is 0 Å². The number of rotatable bonds is 3. The highest BCUT2D eigenvalue weighted by molar-refractivity contribution is 5.82. The van der Waals surface area contributed by atoms with E-state index in [1.807, 2.05) is 53.5 Å². The van der Waals surface area contributed by atoms with Crippen LogP contribution in [0.4, 0.5) is 0 Å². The summed E-state index contributed by atoms with van der Waals surface area (Å²) < 4.78 is 1.97. The van der Waals surface area contributed by atoms with Gasteiger partial charge in [-0.05, 0) is 24.1 Å². The van der Waals surface area contributed by atoms with Gasteiger partial charge in [-0.2, -0.15) is 0 Å². The lowest BCUT2D eigenvalue weighted by Crippen LogP contribution is -2.39. The molecular formula is C19H26N4O2. The van der Waals surface area contributed by atoms with E-state index in [0.717, 1.165) is 29.6 Å². The van der Waals surface area contributed by atoms with Crippen LogP contribution in [0.3, 0.4) is 0 Å². The fourth-order valence-electron chi connectivity index (χ4n) is 3.33. The molecule has 0 spiro atoms. The molecule has 0 radical (unpaired) electrons. The third-order valence-electron chi connectivity index (χ3n) is 4.80. The van der Waals surface area contributed by atoms with Crippen molar-refractivity contribution in [3.63, 3.8) is 0 Å². The number of hydrogen-bond acceptors (Lipinski definition) is 3. The summed E-state index contributed by atoms with van der Waals surface area (Å²) in [6.45, 7) is 6.53. The number of carbonyl (C=O) groups excluding carboxylic acids is 2. The molecule has 0 aliphatic carbocycles. The molecule has 2 amide bonds. The van der Waals surface area contributed by atoms with Gasteiger partial charge in [0.15, 0.2) is 0 Å². The summed E-state index contributed by atoms with van der Waals surface area (Å²) in [5.41, 5.74) is 2.96. The van der Waals surface area contributed by atoms with Gasteiger partial charge in [0, 0.05) is 39.1 Å². The largest absolute Gasteiger partial charge is 0.341 e. The molecule has 3 rings (SSSR count). The fourth-order valence-corrected chi connectivity index (χ4v) is 3.33. The summed E-state index contributed by atoms with van der Waals surface area (Å²) in [6.07, 6.45) is 3.00. The van der Waals surface area contributed by atoms with E-state index in [0.29, 0.717) is 26.1 Å². The zero-order valence-corrected chi connectivity index (χ0v) is 15.2. The predicted octanol–water partition coefficient (Wildman–Crippen LogP) is 1.83. The normalized spacial score (nSPS) is 15.7. The van der Waals surface area contributed by atoms with Gasteiger partial charge in [-0.1, -0.05) is 19.9 Å². The Labute approximate surface area is 148 Å². The van der Waals surface area contributed by atoms with Crippen molar-refractivity contribution in [2.24, 2.45) is 13.0 Å². The molecule has 0 saturated carbocycles. The summed E-state index contributed by atoms with van der Waals surface area (Å²) >= 11 is 0. The number of fused-ring (bicyclic) bond motifs is 1. The molecule has 1 aliphatic heterocycles. The molecule has 1 saturated heterocycles. The number of nitrogens with zero attached hydrogens (tertiary/aromatic N) is 4. The summed E-state index contributed by atoms with van der Waals surface area (Å²) in [5, 5.41) is 0. The average molecular weight is 342 g/mol. The Bertz CT molecular complexity index is 781. The molecule has 6 heteroatoms. The van der Waals surface area contributed by atoms with Crippen LogP contribution in [0.15, 0.2) is 24.5 Å². The standard InChI is InChI=1S/C19H26N4O2/c1-14(2)19(25)23-8-4-7-22(9-10-23)18(24)12-15-5-6-17-16(11-15)20-13-21(17)3/h5-6,11,13-14H,4,7-10,12H2,1-3H3. The first-order chi connectivity index (χ1) is 12.0. The number of imidazole rings is 1. The molecule has 1 aliphatic rings. The third-order valence-corrected chi connectivity index (χ3v) is 4.80. The first-order valence-electron chi connectivity index (χ1n) is 8.92. The molecule has 0 bridgehead atoms. The van der Waals surface area contributed by atoms with Gasteiger partial charge in [0.2, 0.25) is 11.8 Å². The molecule has 2 aromatic rings. The Morgan fingerprint density at radius 1 is 1.12 bits per heavy atom. The fraction of sp³-hybridized carbons (Fsp3) is 0.526. The van der Waals surface area contributed by atoms with Crippen molar-refractivity contribution in [2.45, 2.75) is 26.7 Å². The van der Waals surface area contributed by atoms with Crippen LogP contribution in [0, 0.1) is 5.92 Å². The minimum absolute atomic E-state index is 0.00681. The first kappa shape index (κ1) is 17.5. The first-order valence-corrected chi connectivity index (χ1v) is 8.92. The van der Waals surface area contributed by atoms with Gasteiger partial charge in [-0.3, -0.25) is 9.59 Å². The molecule has 134 valence electrons. The SMILES string of the molecule is CC(C)C(=O)N1CCCN(C(=O)Cc2ccc3c(c2)ncn3C)CC1. The Kier molecular flexibility index (Phi) is 5.06. The number of aryl methyl sites for hydroxylation is 1. The van der Waals surface area contributed by atoms with E-state index in [-0.39, 0.29) is 17.7 Å². The Morgan fingerprint density at radius 3 is 2.60 bits per heavy atom. The van der Waals surface area contributed by atoms with Crippen LogP contribution >= 0.6 is 0 Å². The molecule has 1 fully saturated rings. The molecule has 25 heavy (non-hydrogen) atoms. The van der Waals surface area contributed by atoms with Gasteiger partial charge in [0.25, 0.3) is 0 Å².